The normalized spacial score (nSPS) is 23.4. The first-order chi connectivity index (χ1) is 9.90. The standard InChI is InChI=1S/C15H19NO4S/c1-12-7-9-16(11-14(12)17)15(18)8-10-21(19,20)13-5-3-2-4-6-13/h2-6,8,10,12,14,17H,7,9,11H2,1H3/b10-8+. The maximum Gasteiger partial charge on any atom is 0.247 e. The van der Waals surface area contributed by atoms with Gasteiger partial charge < -0.3 is 10.0 Å². The van der Waals surface area contributed by atoms with Crippen LogP contribution in [-0.4, -0.2) is 43.5 Å². The van der Waals surface area contributed by atoms with Gasteiger partial charge in [0.2, 0.25) is 5.91 Å². The average molecular weight is 309 g/mol. The summed E-state index contributed by atoms with van der Waals surface area (Å²) in [6.07, 6.45) is 1.22. The Morgan fingerprint density at radius 2 is 2.00 bits per heavy atom. The highest BCUT2D eigenvalue weighted by atomic mass is 32.2. The molecular formula is C15H19NO4S. The van der Waals surface area contributed by atoms with Gasteiger partial charge in [0.25, 0.3) is 0 Å². The van der Waals surface area contributed by atoms with Gasteiger partial charge in [0.05, 0.1) is 11.0 Å². The molecule has 0 aliphatic carbocycles. The molecule has 1 amide bonds. The van der Waals surface area contributed by atoms with Gasteiger partial charge >= 0.3 is 0 Å². The monoisotopic (exact) mass is 309 g/mol. The SMILES string of the molecule is CC1CCN(C(=O)/C=C/S(=O)(=O)c2ccccc2)CC1O. The minimum atomic E-state index is -3.61. The van der Waals surface area contributed by atoms with E-state index in [1.165, 1.54) is 17.0 Å². The predicted molar refractivity (Wildman–Crippen MR) is 79.1 cm³/mol. The lowest BCUT2D eigenvalue weighted by Gasteiger charge is -2.33. The zero-order valence-electron chi connectivity index (χ0n) is 11.8. The molecular weight excluding hydrogens is 290 g/mol. The smallest absolute Gasteiger partial charge is 0.247 e. The molecule has 0 bridgehead atoms. The number of aliphatic hydroxyl groups excluding tert-OH is 1. The van der Waals surface area contributed by atoms with E-state index in [0.717, 1.165) is 11.5 Å². The second-order valence-electron chi connectivity index (χ2n) is 5.28. The van der Waals surface area contributed by atoms with Gasteiger partial charge in [-0.05, 0) is 24.5 Å². The predicted octanol–water partition coefficient (Wildman–Crippen LogP) is 1.20. The van der Waals surface area contributed by atoms with Crippen molar-refractivity contribution in [1.82, 2.24) is 4.90 Å². The van der Waals surface area contributed by atoms with Crippen molar-refractivity contribution in [3.05, 3.63) is 41.8 Å². The van der Waals surface area contributed by atoms with Crippen LogP contribution in [0.3, 0.4) is 0 Å². The van der Waals surface area contributed by atoms with Gasteiger partial charge in [-0.1, -0.05) is 25.1 Å². The average Bonchev–Trinajstić information content (AvgIpc) is 2.48. The quantitative estimate of drug-likeness (QED) is 0.852. The number of carbonyl (C=O) groups is 1. The number of piperidine rings is 1. The summed E-state index contributed by atoms with van der Waals surface area (Å²) in [4.78, 5) is 13.6. The Morgan fingerprint density at radius 3 is 2.62 bits per heavy atom. The highest BCUT2D eigenvalue weighted by molar-refractivity contribution is 7.94. The Balaban J connectivity index is 2.06. The molecule has 1 heterocycles. The van der Waals surface area contributed by atoms with Crippen LogP contribution in [0.2, 0.25) is 0 Å². The molecule has 1 aromatic carbocycles. The molecule has 1 aliphatic rings. The van der Waals surface area contributed by atoms with E-state index in [1.54, 1.807) is 18.2 Å². The first-order valence-corrected chi connectivity index (χ1v) is 8.40. The zero-order valence-corrected chi connectivity index (χ0v) is 12.7. The molecule has 0 saturated carbocycles. The molecule has 1 aliphatic heterocycles. The molecule has 2 unspecified atom stereocenters. The van der Waals surface area contributed by atoms with Gasteiger partial charge in [0.15, 0.2) is 9.84 Å². The molecule has 21 heavy (non-hydrogen) atoms. The molecule has 2 rings (SSSR count). The fraction of sp³-hybridized carbons (Fsp3) is 0.400. The largest absolute Gasteiger partial charge is 0.391 e. The number of carbonyl (C=O) groups excluding carboxylic acids is 1. The summed E-state index contributed by atoms with van der Waals surface area (Å²) < 4.78 is 24.1. The van der Waals surface area contributed by atoms with Crippen LogP contribution in [0.1, 0.15) is 13.3 Å². The van der Waals surface area contributed by atoms with Crippen molar-refractivity contribution in [2.45, 2.75) is 24.3 Å². The number of β-amino-alcohol motifs (C(OH)–C–C–N with tert-alkyl or cyclic N) is 1. The second-order valence-corrected chi connectivity index (χ2v) is 7.11. The van der Waals surface area contributed by atoms with Crippen molar-refractivity contribution in [3.8, 4) is 0 Å². The number of hydrogen-bond acceptors (Lipinski definition) is 4. The van der Waals surface area contributed by atoms with E-state index in [4.69, 9.17) is 0 Å². The number of benzene rings is 1. The van der Waals surface area contributed by atoms with Crippen molar-refractivity contribution >= 4 is 15.7 Å². The van der Waals surface area contributed by atoms with E-state index in [0.29, 0.717) is 13.0 Å². The topological polar surface area (TPSA) is 74.7 Å². The minimum Gasteiger partial charge on any atom is -0.391 e. The Labute approximate surface area is 124 Å². The van der Waals surface area contributed by atoms with Gasteiger partial charge in [-0.3, -0.25) is 4.79 Å². The van der Waals surface area contributed by atoms with Gasteiger partial charge in [-0.15, -0.1) is 0 Å². The zero-order chi connectivity index (χ0) is 15.5. The molecule has 1 saturated heterocycles. The van der Waals surface area contributed by atoms with Crippen LogP contribution in [0.5, 0.6) is 0 Å². The third-order valence-electron chi connectivity index (χ3n) is 3.69. The van der Waals surface area contributed by atoms with Crippen LogP contribution < -0.4 is 0 Å². The van der Waals surface area contributed by atoms with Gasteiger partial charge in [0.1, 0.15) is 0 Å². The molecule has 1 fully saturated rings. The molecule has 0 aromatic heterocycles. The molecule has 1 N–H and O–H groups in total. The lowest BCUT2D eigenvalue weighted by atomic mass is 9.96. The van der Waals surface area contributed by atoms with E-state index >= 15 is 0 Å². The number of rotatable bonds is 3. The van der Waals surface area contributed by atoms with E-state index in [2.05, 4.69) is 0 Å². The lowest BCUT2D eigenvalue weighted by Crippen LogP contribution is -2.45. The molecule has 0 radical (unpaired) electrons. The third kappa shape index (κ3) is 3.92. The first-order valence-electron chi connectivity index (χ1n) is 6.85. The number of aliphatic hydroxyl groups is 1. The minimum absolute atomic E-state index is 0.154. The number of sulfone groups is 1. The van der Waals surface area contributed by atoms with Crippen molar-refractivity contribution in [1.29, 1.82) is 0 Å². The van der Waals surface area contributed by atoms with Crippen LogP contribution in [0.25, 0.3) is 0 Å². The summed E-state index contributed by atoms with van der Waals surface area (Å²) >= 11 is 0. The number of nitrogens with zero attached hydrogens (tertiary/aromatic N) is 1. The summed E-state index contributed by atoms with van der Waals surface area (Å²) in [7, 11) is -3.61. The lowest BCUT2D eigenvalue weighted by molar-refractivity contribution is -0.130. The highest BCUT2D eigenvalue weighted by Crippen LogP contribution is 2.17. The van der Waals surface area contributed by atoms with Crippen molar-refractivity contribution in [3.63, 3.8) is 0 Å². The molecule has 0 spiro atoms. The fourth-order valence-corrected chi connectivity index (χ4v) is 3.18. The molecule has 1 aromatic rings. The summed E-state index contributed by atoms with van der Waals surface area (Å²) in [5.41, 5.74) is 0. The van der Waals surface area contributed by atoms with Crippen LogP contribution in [0, 0.1) is 5.92 Å². The molecule has 114 valence electrons. The number of likely N-dealkylation sites (tertiary alicyclic amines) is 1. The maximum atomic E-state index is 12.0. The molecule has 5 nitrogen and oxygen atoms in total. The van der Waals surface area contributed by atoms with Crippen molar-refractivity contribution in [2.75, 3.05) is 13.1 Å². The first kappa shape index (κ1) is 15.7. The highest BCUT2D eigenvalue weighted by Gasteiger charge is 2.26. The number of hydrogen-bond donors (Lipinski definition) is 1. The summed E-state index contributed by atoms with van der Waals surface area (Å²) in [5, 5.41) is 10.7. The van der Waals surface area contributed by atoms with Crippen molar-refractivity contribution < 1.29 is 18.3 Å². The van der Waals surface area contributed by atoms with E-state index in [-0.39, 0.29) is 23.3 Å². The van der Waals surface area contributed by atoms with Crippen LogP contribution in [0.15, 0.2) is 46.7 Å². The van der Waals surface area contributed by atoms with Crippen LogP contribution in [0.4, 0.5) is 0 Å². The van der Waals surface area contributed by atoms with Crippen LogP contribution in [-0.2, 0) is 14.6 Å². The summed E-state index contributed by atoms with van der Waals surface area (Å²) in [5.74, 6) is -0.230. The van der Waals surface area contributed by atoms with E-state index in [9.17, 15) is 18.3 Å². The third-order valence-corrected chi connectivity index (χ3v) is 5.12. The van der Waals surface area contributed by atoms with Gasteiger partial charge in [-0.25, -0.2) is 8.42 Å². The van der Waals surface area contributed by atoms with E-state index < -0.39 is 15.9 Å². The Bertz CT molecular complexity index is 624. The number of amides is 1. The van der Waals surface area contributed by atoms with Gasteiger partial charge in [0, 0.05) is 24.6 Å². The maximum absolute atomic E-state index is 12.0. The summed E-state index contributed by atoms with van der Waals surface area (Å²) in [6, 6.07) is 7.95. The summed E-state index contributed by atoms with van der Waals surface area (Å²) in [6.45, 7) is 2.71. The molecule has 2 atom stereocenters. The van der Waals surface area contributed by atoms with E-state index in [1.807, 2.05) is 6.92 Å². The Kier molecular flexibility index (Phi) is 4.80. The molecule has 6 heteroatoms. The Morgan fingerprint density at radius 1 is 1.33 bits per heavy atom. The van der Waals surface area contributed by atoms with Gasteiger partial charge in [-0.2, -0.15) is 0 Å². The fourth-order valence-electron chi connectivity index (χ4n) is 2.19. The second kappa shape index (κ2) is 6.41. The Hall–Kier alpha value is -1.66. The van der Waals surface area contributed by atoms with Crippen LogP contribution >= 0.6 is 0 Å². The van der Waals surface area contributed by atoms with Crippen molar-refractivity contribution in [2.24, 2.45) is 5.92 Å².